The first-order valence-corrected chi connectivity index (χ1v) is 8.86. The number of nitrogen functional groups attached to an aromatic ring is 1. The molecule has 110 valence electrons. The summed E-state index contributed by atoms with van der Waals surface area (Å²) >= 11 is 12.0. The minimum Gasteiger partial charge on any atom is -0.396 e. The number of sulfonamides is 1. The molecule has 0 aromatic heterocycles. The van der Waals surface area contributed by atoms with Gasteiger partial charge < -0.3 is 5.73 Å². The van der Waals surface area contributed by atoms with Gasteiger partial charge in [0.05, 0.1) is 15.7 Å². The first kappa shape index (κ1) is 14.4. The highest BCUT2D eigenvalue weighted by Crippen LogP contribution is 2.41. The molecule has 2 saturated carbocycles. The molecule has 20 heavy (non-hydrogen) atoms. The molecule has 3 rings (SSSR count). The van der Waals surface area contributed by atoms with E-state index in [0.717, 1.165) is 25.7 Å². The molecule has 2 N–H and O–H groups in total. The molecule has 1 aromatic rings. The normalized spacial score (nSPS) is 19.6. The minimum absolute atomic E-state index is 0.0268. The van der Waals surface area contributed by atoms with Gasteiger partial charge in [-0.15, -0.1) is 0 Å². The summed E-state index contributed by atoms with van der Waals surface area (Å²) in [7, 11) is -3.60. The molecule has 0 amide bonds. The summed E-state index contributed by atoms with van der Waals surface area (Å²) in [6.45, 7) is 0.589. The van der Waals surface area contributed by atoms with Gasteiger partial charge in [0.1, 0.15) is 4.90 Å². The Labute approximate surface area is 128 Å². The summed E-state index contributed by atoms with van der Waals surface area (Å²) in [5.74, 6) is 0.494. The summed E-state index contributed by atoms with van der Waals surface area (Å²) in [4.78, 5) is 0.0635. The average Bonchev–Trinajstić information content (AvgIpc) is 3.25. The maximum atomic E-state index is 12.8. The number of anilines is 1. The van der Waals surface area contributed by atoms with Crippen LogP contribution in [-0.2, 0) is 10.0 Å². The Morgan fingerprint density at radius 2 is 1.85 bits per heavy atom. The average molecular weight is 335 g/mol. The third kappa shape index (κ3) is 2.64. The second kappa shape index (κ2) is 5.05. The molecule has 7 heteroatoms. The van der Waals surface area contributed by atoms with E-state index in [4.69, 9.17) is 28.9 Å². The van der Waals surface area contributed by atoms with Gasteiger partial charge in [-0.1, -0.05) is 23.2 Å². The van der Waals surface area contributed by atoms with Crippen molar-refractivity contribution in [3.63, 3.8) is 0 Å². The number of hydrogen-bond acceptors (Lipinski definition) is 3. The Kier molecular flexibility index (Phi) is 3.65. The maximum Gasteiger partial charge on any atom is 0.244 e. The van der Waals surface area contributed by atoms with Gasteiger partial charge in [0, 0.05) is 12.6 Å². The van der Waals surface area contributed by atoms with E-state index in [1.165, 1.54) is 12.1 Å². The van der Waals surface area contributed by atoms with Gasteiger partial charge in [0.25, 0.3) is 0 Å². The van der Waals surface area contributed by atoms with E-state index in [9.17, 15) is 8.42 Å². The molecule has 4 nitrogen and oxygen atoms in total. The van der Waals surface area contributed by atoms with Crippen molar-refractivity contribution >= 4 is 38.9 Å². The SMILES string of the molecule is Nc1c(Cl)ccc(S(=O)(=O)N(CC2CC2)C2CC2)c1Cl. The lowest BCUT2D eigenvalue weighted by Crippen LogP contribution is -2.35. The molecule has 0 saturated heterocycles. The van der Waals surface area contributed by atoms with Crippen LogP contribution in [-0.4, -0.2) is 25.3 Å². The highest BCUT2D eigenvalue weighted by molar-refractivity contribution is 7.89. The molecule has 0 aliphatic heterocycles. The van der Waals surface area contributed by atoms with Crippen LogP contribution in [0.15, 0.2) is 17.0 Å². The van der Waals surface area contributed by atoms with Crippen LogP contribution in [0.2, 0.25) is 10.0 Å². The Bertz CT molecular complexity index is 640. The third-order valence-electron chi connectivity index (χ3n) is 3.77. The Balaban J connectivity index is 1.99. The second-order valence-corrected chi connectivity index (χ2v) is 8.17. The summed E-state index contributed by atoms with van der Waals surface area (Å²) < 4.78 is 27.2. The quantitative estimate of drug-likeness (QED) is 0.841. The smallest absolute Gasteiger partial charge is 0.244 e. The highest BCUT2D eigenvalue weighted by atomic mass is 35.5. The molecule has 2 aliphatic rings. The fraction of sp³-hybridized carbons (Fsp3) is 0.538. The molecule has 0 spiro atoms. The maximum absolute atomic E-state index is 12.8. The van der Waals surface area contributed by atoms with Crippen LogP contribution >= 0.6 is 23.2 Å². The van der Waals surface area contributed by atoms with Crippen molar-refractivity contribution in [2.24, 2.45) is 5.92 Å². The van der Waals surface area contributed by atoms with Gasteiger partial charge in [0.2, 0.25) is 10.0 Å². The largest absolute Gasteiger partial charge is 0.396 e. The predicted octanol–water partition coefficient (Wildman–Crippen LogP) is 3.14. The van der Waals surface area contributed by atoms with Gasteiger partial charge in [-0.2, -0.15) is 4.31 Å². The topological polar surface area (TPSA) is 63.4 Å². The van der Waals surface area contributed by atoms with Crippen molar-refractivity contribution in [1.29, 1.82) is 0 Å². The summed E-state index contributed by atoms with van der Waals surface area (Å²) in [5, 5.41) is 0.299. The number of nitrogens with zero attached hydrogens (tertiary/aromatic N) is 1. The molecular weight excluding hydrogens is 319 g/mol. The Hall–Kier alpha value is -0.490. The molecule has 2 aliphatic carbocycles. The van der Waals surface area contributed by atoms with E-state index >= 15 is 0 Å². The van der Waals surface area contributed by atoms with Crippen LogP contribution < -0.4 is 5.73 Å². The Morgan fingerprint density at radius 3 is 2.40 bits per heavy atom. The fourth-order valence-corrected chi connectivity index (χ4v) is 4.74. The Morgan fingerprint density at radius 1 is 1.20 bits per heavy atom. The van der Waals surface area contributed by atoms with E-state index in [-0.39, 0.29) is 26.7 Å². The predicted molar refractivity (Wildman–Crippen MR) is 80.5 cm³/mol. The molecule has 2 fully saturated rings. The van der Waals surface area contributed by atoms with Crippen LogP contribution in [0.25, 0.3) is 0 Å². The van der Waals surface area contributed by atoms with Crippen LogP contribution in [0.5, 0.6) is 0 Å². The number of nitrogens with two attached hydrogens (primary N) is 1. The molecule has 0 heterocycles. The molecule has 0 unspecified atom stereocenters. The number of halogens is 2. The van der Waals surface area contributed by atoms with Crippen molar-refractivity contribution in [2.75, 3.05) is 12.3 Å². The van der Waals surface area contributed by atoms with Gasteiger partial charge in [0.15, 0.2) is 0 Å². The molecule has 1 aromatic carbocycles. The monoisotopic (exact) mass is 334 g/mol. The first-order chi connectivity index (χ1) is 9.41. The van der Waals surface area contributed by atoms with E-state index in [0.29, 0.717) is 12.5 Å². The molecular formula is C13H16Cl2N2O2S. The molecule has 0 bridgehead atoms. The van der Waals surface area contributed by atoms with Crippen molar-refractivity contribution < 1.29 is 8.42 Å². The van der Waals surface area contributed by atoms with E-state index in [2.05, 4.69) is 0 Å². The van der Waals surface area contributed by atoms with Crippen molar-refractivity contribution in [1.82, 2.24) is 4.31 Å². The zero-order chi connectivity index (χ0) is 14.5. The third-order valence-corrected chi connectivity index (χ3v) is 6.58. The lowest BCUT2D eigenvalue weighted by molar-refractivity contribution is 0.389. The molecule has 0 atom stereocenters. The minimum atomic E-state index is -3.60. The molecule has 0 radical (unpaired) electrons. The van der Waals surface area contributed by atoms with Crippen LogP contribution in [0.4, 0.5) is 5.69 Å². The second-order valence-electron chi connectivity index (χ2n) is 5.52. The lowest BCUT2D eigenvalue weighted by Gasteiger charge is -2.22. The zero-order valence-corrected chi connectivity index (χ0v) is 13.2. The van der Waals surface area contributed by atoms with E-state index < -0.39 is 10.0 Å². The van der Waals surface area contributed by atoms with Gasteiger partial charge in [-0.3, -0.25) is 0 Å². The summed E-state index contributed by atoms with van der Waals surface area (Å²) in [6, 6.07) is 3.05. The summed E-state index contributed by atoms with van der Waals surface area (Å²) in [5.41, 5.74) is 5.86. The van der Waals surface area contributed by atoms with Crippen LogP contribution in [0, 0.1) is 5.92 Å². The van der Waals surface area contributed by atoms with Gasteiger partial charge >= 0.3 is 0 Å². The number of hydrogen-bond donors (Lipinski definition) is 1. The lowest BCUT2D eigenvalue weighted by atomic mass is 10.3. The number of benzene rings is 1. The van der Waals surface area contributed by atoms with Crippen LogP contribution in [0.3, 0.4) is 0 Å². The standard InChI is InChI=1S/C13H16Cl2N2O2S/c14-10-5-6-11(12(15)13(10)16)20(18,19)17(9-3-4-9)7-8-1-2-8/h5-6,8-9H,1-4,7,16H2. The first-order valence-electron chi connectivity index (χ1n) is 6.66. The fourth-order valence-electron chi connectivity index (χ4n) is 2.24. The van der Waals surface area contributed by atoms with Gasteiger partial charge in [-0.25, -0.2) is 8.42 Å². The van der Waals surface area contributed by atoms with E-state index in [1.807, 2.05) is 0 Å². The highest BCUT2D eigenvalue weighted by Gasteiger charge is 2.42. The van der Waals surface area contributed by atoms with Crippen molar-refractivity contribution in [3.8, 4) is 0 Å². The zero-order valence-electron chi connectivity index (χ0n) is 10.9. The van der Waals surface area contributed by atoms with Crippen LogP contribution in [0.1, 0.15) is 25.7 Å². The van der Waals surface area contributed by atoms with Gasteiger partial charge in [-0.05, 0) is 43.7 Å². The van der Waals surface area contributed by atoms with Crippen molar-refractivity contribution in [2.45, 2.75) is 36.6 Å². The number of rotatable bonds is 5. The summed E-state index contributed by atoms with van der Waals surface area (Å²) in [6.07, 6.45) is 4.06. The van der Waals surface area contributed by atoms with E-state index in [1.54, 1.807) is 4.31 Å². The van der Waals surface area contributed by atoms with Crippen molar-refractivity contribution in [3.05, 3.63) is 22.2 Å².